The van der Waals surface area contributed by atoms with Crippen LogP contribution in [0.3, 0.4) is 0 Å². The summed E-state index contributed by atoms with van der Waals surface area (Å²) in [6, 6.07) is 7.83. The van der Waals surface area contributed by atoms with Crippen molar-refractivity contribution in [1.29, 1.82) is 0 Å². The number of nitrogens with zero attached hydrogens (tertiary/aromatic N) is 4. The molecule has 0 unspecified atom stereocenters. The molecule has 0 atom stereocenters. The van der Waals surface area contributed by atoms with Crippen molar-refractivity contribution in [3.63, 3.8) is 0 Å². The molecule has 0 spiro atoms. The summed E-state index contributed by atoms with van der Waals surface area (Å²) in [5.41, 5.74) is 2.02. The summed E-state index contributed by atoms with van der Waals surface area (Å²) < 4.78 is 5.87. The van der Waals surface area contributed by atoms with Gasteiger partial charge in [0.25, 0.3) is 0 Å². The van der Waals surface area contributed by atoms with Gasteiger partial charge in [0.2, 0.25) is 0 Å². The van der Waals surface area contributed by atoms with Gasteiger partial charge in [-0.1, -0.05) is 38.8 Å². The van der Waals surface area contributed by atoms with Gasteiger partial charge in [0, 0.05) is 61.9 Å². The number of hydrogen-bond acceptors (Lipinski definition) is 4. The second kappa shape index (κ2) is 10.5. The minimum Gasteiger partial charge on any atom is -0.364 e. The minimum absolute atomic E-state index is 0. The summed E-state index contributed by atoms with van der Waals surface area (Å²) in [5, 5.41) is 8.13. The SMILES string of the molecule is CN=C(NCc1ccc(Br)cc1Cl)N1CCN(Cc2ccon2)CC1.I. The summed E-state index contributed by atoms with van der Waals surface area (Å²) >= 11 is 9.71. The smallest absolute Gasteiger partial charge is 0.194 e. The quantitative estimate of drug-likeness (QED) is 0.356. The zero-order valence-corrected chi connectivity index (χ0v) is 19.2. The number of hydrogen-bond donors (Lipinski definition) is 1. The standard InChI is InChI=1S/C17H21BrClN5O.HI/c1-20-17(21-11-13-2-3-14(18)10-16(13)19)24-7-5-23(6-8-24)12-15-4-9-25-22-15;/h2-4,9-10H,5-8,11-12H2,1H3,(H,20,21);1H. The lowest BCUT2D eigenvalue weighted by Crippen LogP contribution is -2.52. The Hall–Kier alpha value is -0.840. The van der Waals surface area contributed by atoms with Crippen LogP contribution in [0.15, 0.2) is 44.5 Å². The van der Waals surface area contributed by atoms with E-state index in [1.54, 1.807) is 6.26 Å². The zero-order chi connectivity index (χ0) is 17.6. The summed E-state index contributed by atoms with van der Waals surface area (Å²) in [6.45, 7) is 5.25. The normalized spacial score (nSPS) is 15.7. The molecule has 1 aromatic carbocycles. The van der Waals surface area contributed by atoms with Crippen LogP contribution in [0.4, 0.5) is 0 Å². The van der Waals surface area contributed by atoms with Crippen LogP contribution in [0.1, 0.15) is 11.3 Å². The van der Waals surface area contributed by atoms with Crippen LogP contribution in [-0.4, -0.2) is 54.1 Å². The van der Waals surface area contributed by atoms with E-state index in [-0.39, 0.29) is 24.0 Å². The topological polar surface area (TPSA) is 56.9 Å². The molecule has 1 saturated heterocycles. The molecule has 2 aromatic rings. The molecule has 1 aromatic heterocycles. The van der Waals surface area contributed by atoms with Gasteiger partial charge in [0.05, 0.1) is 5.69 Å². The van der Waals surface area contributed by atoms with Gasteiger partial charge in [-0.05, 0) is 17.7 Å². The number of aliphatic imine (C=N–C) groups is 1. The van der Waals surface area contributed by atoms with Gasteiger partial charge in [-0.15, -0.1) is 24.0 Å². The highest BCUT2D eigenvalue weighted by atomic mass is 127. The van der Waals surface area contributed by atoms with Gasteiger partial charge in [0.15, 0.2) is 5.96 Å². The van der Waals surface area contributed by atoms with Gasteiger partial charge in [-0.2, -0.15) is 0 Å². The largest absolute Gasteiger partial charge is 0.364 e. The van der Waals surface area contributed by atoms with E-state index in [0.717, 1.165) is 59.4 Å². The lowest BCUT2D eigenvalue weighted by Gasteiger charge is -2.36. The summed E-state index contributed by atoms with van der Waals surface area (Å²) in [4.78, 5) is 9.05. The molecule has 2 heterocycles. The Morgan fingerprint density at radius 1 is 1.31 bits per heavy atom. The van der Waals surface area contributed by atoms with Crippen LogP contribution in [0.5, 0.6) is 0 Å². The van der Waals surface area contributed by atoms with Crippen molar-refractivity contribution < 1.29 is 4.52 Å². The molecule has 3 rings (SSSR count). The van der Waals surface area contributed by atoms with Crippen molar-refractivity contribution in [2.45, 2.75) is 13.1 Å². The predicted molar refractivity (Wildman–Crippen MR) is 118 cm³/mol. The molecular weight excluding hydrogens is 532 g/mol. The second-order valence-electron chi connectivity index (χ2n) is 5.89. The summed E-state index contributed by atoms with van der Waals surface area (Å²) in [7, 11) is 1.81. The highest BCUT2D eigenvalue weighted by molar-refractivity contribution is 14.0. The third-order valence-electron chi connectivity index (χ3n) is 4.21. The molecule has 1 fully saturated rings. The fourth-order valence-electron chi connectivity index (χ4n) is 2.84. The number of guanidine groups is 1. The molecule has 1 aliphatic heterocycles. The van der Waals surface area contributed by atoms with E-state index in [2.05, 4.69) is 41.2 Å². The molecule has 26 heavy (non-hydrogen) atoms. The molecular formula is C17H22BrClIN5O. The molecule has 0 amide bonds. The number of piperazine rings is 1. The molecule has 0 radical (unpaired) electrons. The van der Waals surface area contributed by atoms with Gasteiger partial charge in [-0.25, -0.2) is 0 Å². The minimum atomic E-state index is 0. The van der Waals surface area contributed by atoms with Crippen molar-refractivity contribution in [2.24, 2.45) is 4.99 Å². The van der Waals surface area contributed by atoms with Crippen molar-refractivity contribution in [1.82, 2.24) is 20.3 Å². The highest BCUT2D eigenvalue weighted by Gasteiger charge is 2.20. The van der Waals surface area contributed by atoms with Crippen molar-refractivity contribution >= 4 is 57.5 Å². The van der Waals surface area contributed by atoms with Crippen LogP contribution < -0.4 is 5.32 Å². The fraction of sp³-hybridized carbons (Fsp3) is 0.412. The fourth-order valence-corrected chi connectivity index (χ4v) is 3.58. The van der Waals surface area contributed by atoms with E-state index in [0.29, 0.717) is 6.54 Å². The van der Waals surface area contributed by atoms with E-state index in [1.807, 2.05) is 31.3 Å². The number of aromatic nitrogens is 1. The molecule has 0 saturated carbocycles. The maximum atomic E-state index is 6.28. The monoisotopic (exact) mass is 553 g/mol. The highest BCUT2D eigenvalue weighted by Crippen LogP contribution is 2.21. The average molecular weight is 555 g/mol. The number of halogens is 3. The number of rotatable bonds is 4. The van der Waals surface area contributed by atoms with E-state index in [1.165, 1.54) is 0 Å². The Bertz CT molecular complexity index is 720. The summed E-state index contributed by atoms with van der Waals surface area (Å²) in [5.74, 6) is 0.903. The predicted octanol–water partition coefficient (Wildman–Crippen LogP) is 3.60. The molecule has 9 heteroatoms. The molecule has 0 aliphatic carbocycles. The number of nitrogens with one attached hydrogen (secondary N) is 1. The Labute approximate surface area is 184 Å². The molecule has 1 aliphatic rings. The van der Waals surface area contributed by atoms with E-state index in [9.17, 15) is 0 Å². The molecule has 0 bridgehead atoms. The third kappa shape index (κ3) is 5.83. The third-order valence-corrected chi connectivity index (χ3v) is 5.06. The van der Waals surface area contributed by atoms with Gasteiger partial charge in [0.1, 0.15) is 6.26 Å². The summed E-state index contributed by atoms with van der Waals surface area (Å²) in [6.07, 6.45) is 1.62. The van der Waals surface area contributed by atoms with Gasteiger partial charge < -0.3 is 14.7 Å². The van der Waals surface area contributed by atoms with Gasteiger partial charge in [-0.3, -0.25) is 9.89 Å². The maximum absolute atomic E-state index is 6.28. The molecule has 1 N–H and O–H groups in total. The first-order valence-electron chi connectivity index (χ1n) is 8.17. The van der Waals surface area contributed by atoms with Crippen molar-refractivity contribution in [3.05, 3.63) is 51.3 Å². The van der Waals surface area contributed by atoms with Gasteiger partial charge >= 0.3 is 0 Å². The van der Waals surface area contributed by atoms with E-state index < -0.39 is 0 Å². The van der Waals surface area contributed by atoms with Crippen LogP contribution in [0.25, 0.3) is 0 Å². The Kier molecular flexibility index (Phi) is 8.65. The zero-order valence-electron chi connectivity index (χ0n) is 14.5. The molecule has 6 nitrogen and oxygen atoms in total. The average Bonchev–Trinajstić information content (AvgIpc) is 3.11. The van der Waals surface area contributed by atoms with Crippen LogP contribution >= 0.6 is 51.5 Å². The first kappa shape index (κ1) is 21.5. The first-order chi connectivity index (χ1) is 12.2. The lowest BCUT2D eigenvalue weighted by atomic mass is 10.2. The van der Waals surface area contributed by atoms with Crippen LogP contribution in [0.2, 0.25) is 5.02 Å². The Balaban J connectivity index is 0.00000243. The van der Waals surface area contributed by atoms with Crippen LogP contribution in [-0.2, 0) is 13.1 Å². The lowest BCUT2D eigenvalue weighted by molar-refractivity contribution is 0.169. The Morgan fingerprint density at radius 2 is 2.08 bits per heavy atom. The van der Waals surface area contributed by atoms with Crippen molar-refractivity contribution in [2.75, 3.05) is 33.2 Å². The first-order valence-corrected chi connectivity index (χ1v) is 9.34. The Morgan fingerprint density at radius 3 is 2.69 bits per heavy atom. The van der Waals surface area contributed by atoms with E-state index in [4.69, 9.17) is 16.1 Å². The maximum Gasteiger partial charge on any atom is 0.194 e. The molecule has 142 valence electrons. The van der Waals surface area contributed by atoms with Crippen molar-refractivity contribution in [3.8, 4) is 0 Å². The number of benzene rings is 1. The van der Waals surface area contributed by atoms with E-state index >= 15 is 0 Å². The van der Waals surface area contributed by atoms with Crippen LogP contribution in [0, 0.1) is 0 Å². The second-order valence-corrected chi connectivity index (χ2v) is 7.21.